The monoisotopic (exact) mass is 360 g/mol. The largest absolute Gasteiger partial charge is 0.372 e. The summed E-state index contributed by atoms with van der Waals surface area (Å²) in [5.41, 5.74) is 3.86. The molecule has 0 aliphatic carbocycles. The van der Waals surface area contributed by atoms with Crippen molar-refractivity contribution >= 4 is 0 Å². The fourth-order valence-corrected chi connectivity index (χ4v) is 3.74. The van der Waals surface area contributed by atoms with E-state index in [1.165, 1.54) is 16.8 Å². The molecule has 2 heteroatoms. The fourth-order valence-electron chi connectivity index (χ4n) is 3.74. The van der Waals surface area contributed by atoms with Crippen molar-refractivity contribution in [3.63, 3.8) is 0 Å². The summed E-state index contributed by atoms with van der Waals surface area (Å²) in [4.78, 5) is 5.12. The summed E-state index contributed by atoms with van der Waals surface area (Å²) in [6.07, 6.45) is 0. The van der Waals surface area contributed by atoms with Gasteiger partial charge in [-0.25, -0.2) is 0 Å². The Kier molecular flexibility index (Phi) is 6.36. The Morgan fingerprint density at radius 1 is 0.615 bits per heavy atom. The highest BCUT2D eigenvalue weighted by Gasteiger charge is 2.45. The molecule has 26 heavy (non-hydrogen) atoms. The summed E-state index contributed by atoms with van der Waals surface area (Å²) in [6, 6.07) is 0. The molecule has 1 aliphatic rings. The van der Waals surface area contributed by atoms with Gasteiger partial charge in [0.25, 0.3) is 0 Å². The van der Waals surface area contributed by atoms with Crippen LogP contribution in [0.5, 0.6) is 0 Å². The van der Waals surface area contributed by atoms with Gasteiger partial charge in [-0.3, -0.25) is 4.90 Å². The molecule has 1 fully saturated rings. The van der Waals surface area contributed by atoms with Crippen LogP contribution < -0.4 is 0 Å². The third kappa shape index (κ3) is 3.67. The molecule has 1 heterocycles. The second-order valence-electron chi connectivity index (χ2n) is 10.4. The van der Waals surface area contributed by atoms with Crippen LogP contribution in [0.15, 0.2) is 36.6 Å². The van der Waals surface area contributed by atoms with Crippen molar-refractivity contribution in [1.29, 1.82) is 0 Å². The zero-order valence-electron chi connectivity index (χ0n) is 19.3. The van der Waals surface area contributed by atoms with Gasteiger partial charge in [-0.15, -0.1) is 0 Å². The van der Waals surface area contributed by atoms with Gasteiger partial charge in [0, 0.05) is 48.2 Å². The van der Waals surface area contributed by atoms with Crippen molar-refractivity contribution in [2.24, 2.45) is 16.2 Å². The van der Waals surface area contributed by atoms with Crippen LogP contribution in [0.1, 0.15) is 69.2 Å². The molecule has 0 aromatic rings. The quantitative estimate of drug-likeness (QED) is 0.504. The van der Waals surface area contributed by atoms with Crippen molar-refractivity contribution in [3.05, 3.63) is 36.6 Å². The Bertz CT molecular complexity index is 567. The molecule has 0 aromatic heterocycles. The van der Waals surface area contributed by atoms with E-state index in [4.69, 9.17) is 0 Å². The van der Waals surface area contributed by atoms with E-state index < -0.39 is 0 Å². The first-order valence-electron chi connectivity index (χ1n) is 10.0. The van der Waals surface area contributed by atoms with Gasteiger partial charge in [0.2, 0.25) is 0 Å². The van der Waals surface area contributed by atoms with Crippen LogP contribution in [0.25, 0.3) is 0 Å². The van der Waals surface area contributed by atoms with Crippen LogP contribution in [0.4, 0.5) is 0 Å². The highest BCUT2D eigenvalue weighted by atomic mass is 15.3. The molecular weight excluding hydrogens is 316 g/mol. The van der Waals surface area contributed by atoms with Crippen LogP contribution in [0.2, 0.25) is 0 Å². The molecule has 1 saturated heterocycles. The minimum atomic E-state index is -0.0203. The summed E-state index contributed by atoms with van der Waals surface area (Å²) < 4.78 is 0. The minimum Gasteiger partial charge on any atom is -0.372 e. The lowest BCUT2D eigenvalue weighted by molar-refractivity contribution is -0.00552. The van der Waals surface area contributed by atoms with E-state index >= 15 is 0 Å². The second kappa shape index (κ2) is 7.19. The van der Waals surface area contributed by atoms with Crippen molar-refractivity contribution < 1.29 is 0 Å². The van der Waals surface area contributed by atoms with E-state index in [0.717, 1.165) is 26.2 Å². The molecule has 0 amide bonds. The van der Waals surface area contributed by atoms with Crippen LogP contribution in [-0.2, 0) is 0 Å². The molecule has 0 unspecified atom stereocenters. The topological polar surface area (TPSA) is 6.48 Å². The number of nitrogens with zero attached hydrogens (tertiary/aromatic N) is 2. The van der Waals surface area contributed by atoms with Gasteiger partial charge in [-0.05, 0) is 33.1 Å². The number of hydrogen-bond acceptors (Lipinski definition) is 2. The smallest absolute Gasteiger partial charge is 0.0303 e. The van der Waals surface area contributed by atoms with Crippen molar-refractivity contribution in [2.45, 2.75) is 74.8 Å². The SMILES string of the molecule is C=C(C)C(C)(C)C(C)(C)C(=C)N1CCN(C(C)(C)C(C)(C)C(=C)C)CC1. The summed E-state index contributed by atoms with van der Waals surface area (Å²) in [7, 11) is 0. The maximum Gasteiger partial charge on any atom is 0.0303 e. The maximum atomic E-state index is 4.52. The van der Waals surface area contributed by atoms with Gasteiger partial charge < -0.3 is 4.90 Å². The average molecular weight is 361 g/mol. The lowest BCUT2D eigenvalue weighted by atomic mass is 9.62. The molecule has 150 valence electrons. The Hall–Kier alpha value is -1.02. The van der Waals surface area contributed by atoms with Crippen molar-refractivity contribution in [3.8, 4) is 0 Å². The molecule has 1 aliphatic heterocycles. The van der Waals surface area contributed by atoms with Crippen LogP contribution in [0.3, 0.4) is 0 Å². The summed E-state index contributed by atoms with van der Waals surface area (Å²) in [5, 5.41) is 0. The predicted molar refractivity (Wildman–Crippen MR) is 117 cm³/mol. The van der Waals surface area contributed by atoms with Gasteiger partial charge in [0.05, 0.1) is 0 Å². The molecule has 0 atom stereocenters. The lowest BCUT2D eigenvalue weighted by Gasteiger charge is -2.54. The van der Waals surface area contributed by atoms with Gasteiger partial charge in [0.15, 0.2) is 0 Å². The van der Waals surface area contributed by atoms with E-state index in [0.29, 0.717) is 0 Å². The summed E-state index contributed by atoms with van der Waals surface area (Å²) in [5.74, 6) is 0. The summed E-state index contributed by atoms with van der Waals surface area (Å²) in [6.45, 7) is 40.0. The number of piperazine rings is 1. The molecular formula is C24H44N2. The Morgan fingerprint density at radius 3 is 1.35 bits per heavy atom. The fraction of sp³-hybridized carbons (Fsp3) is 0.750. The number of rotatable bonds is 7. The van der Waals surface area contributed by atoms with E-state index in [9.17, 15) is 0 Å². The Balaban J connectivity index is 2.91. The highest BCUT2D eigenvalue weighted by molar-refractivity contribution is 5.21. The second-order valence-corrected chi connectivity index (χ2v) is 10.4. The van der Waals surface area contributed by atoms with Crippen molar-refractivity contribution in [2.75, 3.05) is 26.2 Å². The molecule has 0 N–H and O–H groups in total. The lowest BCUT2D eigenvalue weighted by Crippen LogP contribution is -2.60. The van der Waals surface area contributed by atoms with Gasteiger partial charge in [0.1, 0.15) is 0 Å². The van der Waals surface area contributed by atoms with Crippen molar-refractivity contribution in [1.82, 2.24) is 9.80 Å². The predicted octanol–water partition coefficient (Wildman–Crippen LogP) is 6.13. The van der Waals surface area contributed by atoms with E-state index in [2.05, 4.69) is 98.8 Å². The molecule has 1 rings (SSSR count). The summed E-state index contributed by atoms with van der Waals surface area (Å²) >= 11 is 0. The average Bonchev–Trinajstić information content (AvgIpc) is 2.53. The molecule has 0 spiro atoms. The van der Waals surface area contributed by atoms with Crippen LogP contribution in [-0.4, -0.2) is 41.5 Å². The minimum absolute atomic E-state index is 0.0163. The third-order valence-electron chi connectivity index (χ3n) is 8.40. The van der Waals surface area contributed by atoms with Crippen LogP contribution >= 0.6 is 0 Å². The highest BCUT2D eigenvalue weighted by Crippen LogP contribution is 2.49. The molecule has 0 bridgehead atoms. The molecule has 0 aromatic carbocycles. The molecule has 0 radical (unpaired) electrons. The normalized spacial score (nSPS) is 18.0. The maximum absolute atomic E-state index is 4.52. The Labute approximate surface area is 164 Å². The first-order valence-corrected chi connectivity index (χ1v) is 10.0. The third-order valence-corrected chi connectivity index (χ3v) is 8.40. The standard InChI is InChI=1S/C24H44N2/c1-18(2)21(6,7)23(10,11)20(5)25-14-16-26(17-15-25)24(12,13)22(8,9)19(3)4/h1,3,5,14-17H2,2,4,6-13H3. The van der Waals surface area contributed by atoms with E-state index in [1.807, 2.05) is 0 Å². The van der Waals surface area contributed by atoms with Gasteiger partial charge in [-0.2, -0.15) is 0 Å². The Morgan fingerprint density at radius 2 is 1.00 bits per heavy atom. The van der Waals surface area contributed by atoms with E-state index in [1.54, 1.807) is 0 Å². The zero-order chi connectivity index (χ0) is 20.7. The van der Waals surface area contributed by atoms with Crippen LogP contribution in [0, 0.1) is 16.2 Å². The zero-order valence-corrected chi connectivity index (χ0v) is 19.3. The molecule has 2 nitrogen and oxygen atoms in total. The van der Waals surface area contributed by atoms with Gasteiger partial charge >= 0.3 is 0 Å². The first kappa shape index (κ1) is 23.0. The number of allylic oxidation sites excluding steroid dienone is 2. The first-order chi connectivity index (χ1) is 11.5. The van der Waals surface area contributed by atoms with Gasteiger partial charge in [-0.1, -0.05) is 72.4 Å². The van der Waals surface area contributed by atoms with E-state index in [-0.39, 0.29) is 21.8 Å². The number of hydrogen-bond donors (Lipinski definition) is 0. The molecule has 0 saturated carbocycles.